The molecule has 2 heterocycles. The first-order chi connectivity index (χ1) is 16.5. The number of rotatable bonds is 6. The van der Waals surface area contributed by atoms with Gasteiger partial charge in [0.1, 0.15) is 0 Å². The fraction of sp³-hybridized carbons (Fsp3) is 0.519. The number of fused-ring (bicyclic) bond motifs is 2. The smallest absolute Gasteiger partial charge is 0.243 e. The minimum Gasteiger partial charge on any atom is -0.372 e. The van der Waals surface area contributed by atoms with E-state index in [1.165, 1.54) is 11.3 Å². The third-order valence-electron chi connectivity index (χ3n) is 7.62. The number of anilines is 2. The van der Waals surface area contributed by atoms with E-state index in [-0.39, 0.29) is 11.9 Å². The van der Waals surface area contributed by atoms with E-state index in [1.54, 1.807) is 22.5 Å². The van der Waals surface area contributed by atoms with Gasteiger partial charge in [0.05, 0.1) is 4.90 Å². The Balaban J connectivity index is 1.47. The van der Waals surface area contributed by atoms with Crippen molar-refractivity contribution in [3.63, 3.8) is 0 Å². The van der Waals surface area contributed by atoms with Gasteiger partial charge in [-0.1, -0.05) is 25.0 Å². The summed E-state index contributed by atoms with van der Waals surface area (Å²) in [5.74, 6) is -0.00372. The maximum Gasteiger partial charge on any atom is 0.243 e. The molecule has 6 nitrogen and oxygen atoms in total. The zero-order chi connectivity index (χ0) is 23.7. The van der Waals surface area contributed by atoms with Crippen molar-refractivity contribution in [2.75, 3.05) is 23.3 Å². The first-order valence-corrected chi connectivity index (χ1v) is 14.2. The van der Waals surface area contributed by atoms with E-state index in [1.807, 2.05) is 0 Å². The van der Waals surface area contributed by atoms with Gasteiger partial charge in [-0.2, -0.15) is 4.31 Å². The average Bonchev–Trinajstić information content (AvgIpc) is 3.30. The zero-order valence-electron chi connectivity index (χ0n) is 20.1. The molecule has 34 heavy (non-hydrogen) atoms. The van der Waals surface area contributed by atoms with Crippen LogP contribution in [0.3, 0.4) is 0 Å². The van der Waals surface area contributed by atoms with Crippen LogP contribution in [0.5, 0.6) is 0 Å². The third-order valence-corrected chi connectivity index (χ3v) is 9.51. The Morgan fingerprint density at radius 3 is 2.56 bits per heavy atom. The van der Waals surface area contributed by atoms with Crippen LogP contribution in [0, 0.1) is 0 Å². The van der Waals surface area contributed by atoms with E-state index in [2.05, 4.69) is 35.3 Å². The molecule has 0 saturated heterocycles. The highest BCUT2D eigenvalue weighted by atomic mass is 32.2. The number of amides is 1. The normalized spacial score (nSPS) is 19.0. The molecule has 0 radical (unpaired) electrons. The molecule has 1 amide bonds. The van der Waals surface area contributed by atoms with E-state index in [0.717, 1.165) is 74.8 Å². The molecule has 1 saturated carbocycles. The molecular weight excluding hydrogens is 446 g/mol. The molecular formula is C27H35N3O3S. The molecule has 0 aromatic heterocycles. The largest absolute Gasteiger partial charge is 0.372 e. The first kappa shape index (κ1) is 23.4. The van der Waals surface area contributed by atoms with E-state index < -0.39 is 10.0 Å². The van der Waals surface area contributed by atoms with E-state index >= 15 is 0 Å². The van der Waals surface area contributed by atoms with Crippen molar-refractivity contribution in [3.05, 3.63) is 53.1 Å². The van der Waals surface area contributed by atoms with Crippen LogP contribution in [0.15, 0.2) is 41.3 Å². The van der Waals surface area contributed by atoms with Gasteiger partial charge in [0.15, 0.2) is 0 Å². The van der Waals surface area contributed by atoms with Crippen LogP contribution >= 0.6 is 0 Å². The van der Waals surface area contributed by atoms with Crippen molar-refractivity contribution in [3.8, 4) is 0 Å². The number of benzene rings is 2. The lowest BCUT2D eigenvalue weighted by molar-refractivity contribution is -0.116. The molecule has 1 aliphatic carbocycles. The summed E-state index contributed by atoms with van der Waals surface area (Å²) >= 11 is 0. The quantitative estimate of drug-likeness (QED) is 0.639. The highest BCUT2D eigenvalue weighted by molar-refractivity contribution is 7.89. The minimum atomic E-state index is -3.67. The molecule has 1 fully saturated rings. The Morgan fingerprint density at radius 1 is 0.971 bits per heavy atom. The van der Waals surface area contributed by atoms with Crippen molar-refractivity contribution in [2.45, 2.75) is 82.2 Å². The van der Waals surface area contributed by atoms with E-state index in [9.17, 15) is 13.2 Å². The highest BCUT2D eigenvalue weighted by Crippen LogP contribution is 2.34. The molecule has 182 valence electrons. The molecule has 0 atom stereocenters. The van der Waals surface area contributed by atoms with Crippen LogP contribution in [0.1, 0.15) is 68.6 Å². The molecule has 2 aromatic rings. The number of carbonyl (C=O) groups excluding carboxylic acids is 1. The minimum absolute atomic E-state index is 0.00372. The summed E-state index contributed by atoms with van der Waals surface area (Å²) in [7, 11) is -3.67. The average molecular weight is 482 g/mol. The fourth-order valence-electron chi connectivity index (χ4n) is 5.78. The van der Waals surface area contributed by atoms with Crippen LogP contribution in [-0.4, -0.2) is 37.8 Å². The predicted molar refractivity (Wildman–Crippen MR) is 136 cm³/mol. The van der Waals surface area contributed by atoms with Crippen LogP contribution in [0.4, 0.5) is 11.4 Å². The second-order valence-electron chi connectivity index (χ2n) is 9.86. The SMILES string of the molecule is CCN1CCCc2cc(CN(C3CCCC3)S(=O)(=O)c3ccc4c(c3)CCCC(=O)N4)ccc21. The molecule has 7 heteroatoms. The maximum atomic E-state index is 14.0. The lowest BCUT2D eigenvalue weighted by Crippen LogP contribution is -2.38. The molecule has 0 bridgehead atoms. The lowest BCUT2D eigenvalue weighted by Gasteiger charge is -2.32. The highest BCUT2D eigenvalue weighted by Gasteiger charge is 2.34. The summed E-state index contributed by atoms with van der Waals surface area (Å²) in [6, 6.07) is 11.7. The Labute approximate surface area is 203 Å². The van der Waals surface area contributed by atoms with Gasteiger partial charge in [0, 0.05) is 43.5 Å². The summed E-state index contributed by atoms with van der Waals surface area (Å²) in [5.41, 5.74) is 5.33. The Hall–Kier alpha value is -2.38. The number of hydrogen-bond acceptors (Lipinski definition) is 4. The van der Waals surface area contributed by atoms with Gasteiger partial charge in [0.25, 0.3) is 0 Å². The topological polar surface area (TPSA) is 69.7 Å². The van der Waals surface area contributed by atoms with Crippen molar-refractivity contribution < 1.29 is 13.2 Å². The van der Waals surface area contributed by atoms with Crippen LogP contribution in [0.2, 0.25) is 0 Å². The molecule has 2 aromatic carbocycles. The lowest BCUT2D eigenvalue weighted by atomic mass is 9.99. The van der Waals surface area contributed by atoms with Crippen LogP contribution < -0.4 is 10.2 Å². The third kappa shape index (κ3) is 4.60. The monoisotopic (exact) mass is 481 g/mol. The standard InChI is InChI=1S/C27H35N3O3S/c1-2-29-16-6-8-22-17-20(12-15-26(22)29)19-30(23-9-3-4-10-23)34(32,33)24-13-14-25-21(18-24)7-5-11-27(31)28-25/h12-15,17-18,23H,2-11,16,19H2,1H3,(H,28,31). The number of nitrogens with one attached hydrogen (secondary N) is 1. The van der Waals surface area contributed by atoms with E-state index in [0.29, 0.717) is 24.3 Å². The van der Waals surface area contributed by atoms with Crippen LogP contribution in [-0.2, 0) is 34.2 Å². The van der Waals surface area contributed by atoms with E-state index in [4.69, 9.17) is 0 Å². The maximum absolute atomic E-state index is 14.0. The molecule has 0 spiro atoms. The van der Waals surface area contributed by atoms with Gasteiger partial charge in [0.2, 0.25) is 15.9 Å². The Kier molecular flexibility index (Phi) is 6.67. The Morgan fingerprint density at radius 2 is 1.76 bits per heavy atom. The number of aryl methyl sites for hydroxylation is 2. The van der Waals surface area contributed by atoms with Crippen molar-refractivity contribution >= 4 is 27.3 Å². The van der Waals surface area contributed by atoms with Crippen molar-refractivity contribution in [1.82, 2.24) is 4.31 Å². The number of sulfonamides is 1. The van der Waals surface area contributed by atoms with Crippen molar-refractivity contribution in [2.24, 2.45) is 0 Å². The Bertz CT molecular complexity index is 1170. The molecule has 5 rings (SSSR count). The summed E-state index contributed by atoms with van der Waals surface area (Å²) in [5, 5.41) is 2.91. The second-order valence-corrected chi connectivity index (χ2v) is 11.7. The van der Waals surface area contributed by atoms with Gasteiger partial charge < -0.3 is 10.2 Å². The first-order valence-electron chi connectivity index (χ1n) is 12.8. The predicted octanol–water partition coefficient (Wildman–Crippen LogP) is 4.87. The molecule has 1 N–H and O–H groups in total. The van der Waals surface area contributed by atoms with Crippen LogP contribution in [0.25, 0.3) is 0 Å². The summed E-state index contributed by atoms with van der Waals surface area (Å²) in [6.45, 7) is 4.67. The fourth-order valence-corrected chi connectivity index (χ4v) is 7.51. The molecule has 2 aliphatic heterocycles. The molecule has 3 aliphatic rings. The van der Waals surface area contributed by atoms with Crippen molar-refractivity contribution in [1.29, 1.82) is 0 Å². The van der Waals surface area contributed by atoms with Gasteiger partial charge in [-0.3, -0.25) is 4.79 Å². The van der Waals surface area contributed by atoms with Gasteiger partial charge in [-0.25, -0.2) is 8.42 Å². The van der Waals surface area contributed by atoms with Gasteiger partial charge in [-0.05, 0) is 86.4 Å². The van der Waals surface area contributed by atoms with Gasteiger partial charge in [-0.15, -0.1) is 0 Å². The molecule has 0 unspecified atom stereocenters. The number of hydrogen-bond donors (Lipinski definition) is 1. The summed E-state index contributed by atoms with van der Waals surface area (Å²) in [6.07, 6.45) is 8.07. The van der Waals surface area contributed by atoms with Gasteiger partial charge >= 0.3 is 0 Å². The number of nitrogens with zero attached hydrogens (tertiary/aromatic N) is 2. The zero-order valence-corrected chi connectivity index (χ0v) is 20.9. The summed E-state index contributed by atoms with van der Waals surface area (Å²) in [4.78, 5) is 14.7. The number of carbonyl (C=O) groups is 1. The second kappa shape index (κ2) is 9.70. The summed E-state index contributed by atoms with van der Waals surface area (Å²) < 4.78 is 29.7.